The van der Waals surface area contributed by atoms with E-state index in [1.165, 1.54) is 0 Å². The van der Waals surface area contributed by atoms with Gasteiger partial charge in [0.05, 0.1) is 42.4 Å². The summed E-state index contributed by atoms with van der Waals surface area (Å²) in [7, 11) is 0. The number of hydrogen-bond acceptors (Lipinski definition) is 2. The molecule has 0 amide bonds. The maximum absolute atomic E-state index is 9.49. The van der Waals surface area contributed by atoms with Crippen LogP contribution in [-0.2, 0) is 6.61 Å². The van der Waals surface area contributed by atoms with Crippen molar-refractivity contribution < 1.29 is 5.11 Å². The number of rotatable bonds is 3. The van der Waals surface area contributed by atoms with Crippen LogP contribution < -0.4 is 0 Å². The molecule has 0 bridgehead atoms. The van der Waals surface area contributed by atoms with Crippen LogP contribution in [-0.4, -0.2) is 10.1 Å². The van der Waals surface area contributed by atoms with Crippen molar-refractivity contribution in [3.05, 3.63) is 72.2 Å². The van der Waals surface area contributed by atoms with Gasteiger partial charge in [0.2, 0.25) is 0 Å². The molecule has 8 heteroatoms. The van der Waals surface area contributed by atoms with Crippen LogP contribution in [0.5, 0.6) is 0 Å². The van der Waals surface area contributed by atoms with E-state index in [1.54, 1.807) is 36.5 Å². The summed E-state index contributed by atoms with van der Waals surface area (Å²) in [6.07, 6.45) is 1.54. The Morgan fingerprint density at radius 2 is 1.23 bits per heavy atom. The highest BCUT2D eigenvalue weighted by atomic mass is 35.5. The van der Waals surface area contributed by atoms with Crippen LogP contribution in [0.25, 0.3) is 22.4 Å². The smallest absolute Gasteiger partial charge is 0.0796 e. The molecule has 0 aliphatic rings. The van der Waals surface area contributed by atoms with E-state index >= 15 is 0 Å². The molecule has 26 heavy (non-hydrogen) atoms. The molecule has 1 heterocycles. The molecule has 2 aromatic carbocycles. The predicted octanol–water partition coefficient (Wildman–Crippen LogP) is 7.83. The number of halogens is 6. The molecular formula is C18H9Cl6NO. The maximum Gasteiger partial charge on any atom is 0.0796 e. The highest BCUT2D eigenvalue weighted by Crippen LogP contribution is 2.44. The molecule has 3 aromatic rings. The Kier molecular flexibility index (Phi) is 6.25. The van der Waals surface area contributed by atoms with Crippen molar-refractivity contribution in [1.29, 1.82) is 0 Å². The molecule has 0 atom stereocenters. The molecule has 0 saturated heterocycles. The van der Waals surface area contributed by atoms with Gasteiger partial charge in [-0.05, 0) is 29.8 Å². The molecule has 0 fully saturated rings. The van der Waals surface area contributed by atoms with Gasteiger partial charge in [-0.25, -0.2) is 0 Å². The van der Waals surface area contributed by atoms with E-state index in [1.807, 2.05) is 0 Å². The lowest BCUT2D eigenvalue weighted by Crippen LogP contribution is -1.95. The van der Waals surface area contributed by atoms with Crippen molar-refractivity contribution in [2.45, 2.75) is 6.61 Å². The largest absolute Gasteiger partial charge is 0.392 e. The number of aliphatic hydroxyl groups is 1. The van der Waals surface area contributed by atoms with Crippen LogP contribution >= 0.6 is 69.6 Å². The summed E-state index contributed by atoms with van der Waals surface area (Å²) < 4.78 is 0. The maximum atomic E-state index is 9.49. The average molecular weight is 468 g/mol. The van der Waals surface area contributed by atoms with Gasteiger partial charge in [0.1, 0.15) is 0 Å². The van der Waals surface area contributed by atoms with Gasteiger partial charge in [-0.15, -0.1) is 0 Å². The predicted molar refractivity (Wildman–Crippen MR) is 111 cm³/mol. The first kappa shape index (κ1) is 20.0. The minimum Gasteiger partial charge on any atom is -0.392 e. The van der Waals surface area contributed by atoms with E-state index in [4.69, 9.17) is 69.6 Å². The van der Waals surface area contributed by atoms with E-state index in [2.05, 4.69) is 4.98 Å². The van der Waals surface area contributed by atoms with Crippen LogP contribution in [0.1, 0.15) is 5.56 Å². The Labute approximate surface area is 180 Å². The molecule has 0 aliphatic carbocycles. The zero-order valence-electron chi connectivity index (χ0n) is 12.8. The average Bonchev–Trinajstić information content (AvgIpc) is 2.64. The van der Waals surface area contributed by atoms with Gasteiger partial charge < -0.3 is 5.11 Å². The van der Waals surface area contributed by atoms with Crippen LogP contribution in [0.2, 0.25) is 30.1 Å². The standard InChI is InChI=1S/C18H9Cl6NO/c19-12-3-1-9(14(21)16(12)23)11-5-8(7-26)6-25-18(11)10-2-4-13(20)17(24)15(10)22/h1-6,26H,7H2. The third-order valence-corrected chi connectivity index (χ3v) is 6.33. The molecule has 0 spiro atoms. The lowest BCUT2D eigenvalue weighted by Gasteiger charge is -2.15. The SMILES string of the molecule is OCc1cnc(-c2ccc(Cl)c(Cl)c2Cl)c(-c2ccc(Cl)c(Cl)c2Cl)c1. The molecule has 134 valence electrons. The van der Waals surface area contributed by atoms with Crippen molar-refractivity contribution in [3.8, 4) is 22.4 Å². The van der Waals surface area contributed by atoms with E-state index < -0.39 is 0 Å². The molecule has 2 nitrogen and oxygen atoms in total. The Morgan fingerprint density at radius 3 is 1.81 bits per heavy atom. The normalized spacial score (nSPS) is 11.0. The number of nitrogens with zero attached hydrogens (tertiary/aromatic N) is 1. The number of aliphatic hydroxyl groups excluding tert-OH is 1. The number of aromatic nitrogens is 1. The second kappa shape index (κ2) is 8.12. The van der Waals surface area contributed by atoms with Gasteiger partial charge in [-0.3, -0.25) is 4.98 Å². The summed E-state index contributed by atoms with van der Waals surface area (Å²) in [5, 5.41) is 11.1. The topological polar surface area (TPSA) is 33.1 Å². The third-order valence-electron chi connectivity index (χ3n) is 3.74. The second-order valence-electron chi connectivity index (χ2n) is 5.34. The molecule has 0 radical (unpaired) electrons. The number of pyridine rings is 1. The van der Waals surface area contributed by atoms with Gasteiger partial charge in [-0.1, -0.05) is 75.7 Å². The first-order chi connectivity index (χ1) is 12.3. The van der Waals surface area contributed by atoms with Crippen LogP contribution in [0, 0.1) is 0 Å². The quantitative estimate of drug-likeness (QED) is 0.398. The highest BCUT2D eigenvalue weighted by Gasteiger charge is 2.19. The summed E-state index contributed by atoms with van der Waals surface area (Å²) in [5.41, 5.74) is 2.91. The van der Waals surface area contributed by atoms with Crippen molar-refractivity contribution in [3.63, 3.8) is 0 Å². The Balaban J connectivity index is 2.33. The molecule has 3 rings (SSSR count). The summed E-state index contributed by atoms with van der Waals surface area (Å²) in [4.78, 5) is 4.44. The van der Waals surface area contributed by atoms with E-state index in [-0.39, 0.29) is 26.7 Å². The molecule has 1 N–H and O–H groups in total. The molecule has 0 unspecified atom stereocenters. The molecule has 0 aliphatic heterocycles. The third kappa shape index (κ3) is 3.65. The van der Waals surface area contributed by atoms with Crippen LogP contribution in [0.15, 0.2) is 36.5 Å². The first-order valence-electron chi connectivity index (χ1n) is 7.22. The minimum atomic E-state index is -0.186. The fourth-order valence-corrected chi connectivity index (χ4v) is 3.72. The number of benzene rings is 2. The second-order valence-corrected chi connectivity index (χ2v) is 7.67. The Bertz CT molecular complexity index is 1010. The van der Waals surface area contributed by atoms with Crippen molar-refractivity contribution in [2.75, 3.05) is 0 Å². The van der Waals surface area contributed by atoms with Gasteiger partial charge in [-0.2, -0.15) is 0 Å². The summed E-state index contributed by atoms with van der Waals surface area (Å²) >= 11 is 37.2. The van der Waals surface area contributed by atoms with Crippen molar-refractivity contribution in [2.24, 2.45) is 0 Å². The zero-order valence-corrected chi connectivity index (χ0v) is 17.4. The monoisotopic (exact) mass is 465 g/mol. The fourth-order valence-electron chi connectivity index (χ4n) is 2.46. The van der Waals surface area contributed by atoms with Crippen molar-refractivity contribution >= 4 is 69.6 Å². The Hall–Kier alpha value is -0.710. The lowest BCUT2D eigenvalue weighted by molar-refractivity contribution is 0.281. The summed E-state index contributed by atoms with van der Waals surface area (Å²) in [6, 6.07) is 8.46. The summed E-state index contributed by atoms with van der Waals surface area (Å²) in [5.74, 6) is 0. The molecule has 1 aromatic heterocycles. The van der Waals surface area contributed by atoms with Gasteiger partial charge in [0.15, 0.2) is 0 Å². The van der Waals surface area contributed by atoms with Crippen LogP contribution in [0.3, 0.4) is 0 Å². The fraction of sp³-hybridized carbons (Fsp3) is 0.0556. The van der Waals surface area contributed by atoms with E-state index in [0.717, 1.165) is 0 Å². The highest BCUT2D eigenvalue weighted by molar-refractivity contribution is 6.50. The molecular weight excluding hydrogens is 459 g/mol. The minimum absolute atomic E-state index is 0.186. The molecule has 0 saturated carbocycles. The number of hydrogen-bond donors (Lipinski definition) is 1. The van der Waals surface area contributed by atoms with Gasteiger partial charge in [0.25, 0.3) is 0 Å². The first-order valence-corrected chi connectivity index (χ1v) is 9.49. The lowest BCUT2D eigenvalue weighted by atomic mass is 9.97. The summed E-state index contributed by atoms with van der Waals surface area (Å²) in [6.45, 7) is -0.186. The van der Waals surface area contributed by atoms with Gasteiger partial charge in [0, 0.05) is 22.9 Å². The van der Waals surface area contributed by atoms with E-state index in [9.17, 15) is 5.11 Å². The van der Waals surface area contributed by atoms with E-state index in [0.29, 0.717) is 38.0 Å². The van der Waals surface area contributed by atoms with Crippen LogP contribution in [0.4, 0.5) is 0 Å². The van der Waals surface area contributed by atoms with Gasteiger partial charge >= 0.3 is 0 Å². The zero-order chi connectivity index (χ0) is 19.0. The van der Waals surface area contributed by atoms with Crippen molar-refractivity contribution in [1.82, 2.24) is 4.98 Å². The Morgan fingerprint density at radius 1 is 0.692 bits per heavy atom.